The Balaban J connectivity index is 2.13. The maximum Gasteiger partial charge on any atom is 0.556 e. The molecule has 6 heteroatoms. The summed E-state index contributed by atoms with van der Waals surface area (Å²) in [6.07, 6.45) is 0.500. The standard InChI is InChI=1S/C19H30BNO4/c1-17(2,3)23-16(22)15(13-14-11-9-8-10-12-14)21-20-24-18(4,5)19(6,7)25-20/h8-12,15,21H,13H2,1-7H3. The van der Waals surface area contributed by atoms with Gasteiger partial charge in [0.05, 0.1) is 11.2 Å². The van der Waals surface area contributed by atoms with E-state index in [9.17, 15) is 4.79 Å². The van der Waals surface area contributed by atoms with Crippen molar-refractivity contribution in [2.45, 2.75) is 77.7 Å². The Morgan fingerprint density at radius 1 is 1.12 bits per heavy atom. The van der Waals surface area contributed by atoms with Gasteiger partial charge in [-0.1, -0.05) is 30.3 Å². The van der Waals surface area contributed by atoms with Gasteiger partial charge in [0, 0.05) is 0 Å². The SMILES string of the molecule is CC(C)(C)OC(=O)C(Cc1ccccc1)NB1OC(C)(C)C(C)(C)O1. The Morgan fingerprint density at radius 3 is 2.12 bits per heavy atom. The lowest BCUT2D eigenvalue weighted by atomic mass is 9.90. The number of benzene rings is 1. The molecule has 1 fully saturated rings. The average Bonchev–Trinajstić information content (AvgIpc) is 2.65. The van der Waals surface area contributed by atoms with Crippen LogP contribution in [-0.2, 0) is 25.3 Å². The number of hydrogen-bond acceptors (Lipinski definition) is 5. The Morgan fingerprint density at radius 2 is 1.64 bits per heavy atom. The van der Waals surface area contributed by atoms with Crippen LogP contribution >= 0.6 is 0 Å². The Kier molecular flexibility index (Phi) is 5.67. The van der Waals surface area contributed by atoms with Crippen molar-refractivity contribution in [3.8, 4) is 0 Å². The van der Waals surface area contributed by atoms with Gasteiger partial charge >= 0.3 is 13.2 Å². The number of nitrogens with one attached hydrogen (secondary N) is 1. The van der Waals surface area contributed by atoms with Crippen LogP contribution < -0.4 is 5.23 Å². The van der Waals surface area contributed by atoms with Gasteiger partial charge < -0.3 is 14.0 Å². The van der Waals surface area contributed by atoms with Crippen LogP contribution in [0.3, 0.4) is 0 Å². The van der Waals surface area contributed by atoms with Crippen molar-refractivity contribution in [3.63, 3.8) is 0 Å². The molecule has 0 aliphatic carbocycles. The molecular formula is C19H30BNO4. The second-order valence-corrected chi connectivity index (χ2v) is 8.53. The monoisotopic (exact) mass is 347 g/mol. The number of esters is 1. The lowest BCUT2D eigenvalue weighted by molar-refractivity contribution is -0.157. The van der Waals surface area contributed by atoms with Crippen molar-refractivity contribution in [1.29, 1.82) is 0 Å². The van der Waals surface area contributed by atoms with Gasteiger partial charge in [0.15, 0.2) is 0 Å². The summed E-state index contributed by atoms with van der Waals surface area (Å²) in [4.78, 5) is 12.7. The highest BCUT2D eigenvalue weighted by Crippen LogP contribution is 2.36. The summed E-state index contributed by atoms with van der Waals surface area (Å²) < 4.78 is 17.5. The molecule has 1 aromatic carbocycles. The summed E-state index contributed by atoms with van der Waals surface area (Å²) in [6.45, 7) is 13.5. The molecule has 1 N–H and O–H groups in total. The first kappa shape index (κ1) is 20.0. The number of rotatable bonds is 5. The smallest absolute Gasteiger partial charge is 0.459 e. The van der Waals surface area contributed by atoms with Crippen LogP contribution in [0.5, 0.6) is 0 Å². The van der Waals surface area contributed by atoms with Gasteiger partial charge in [0.25, 0.3) is 0 Å². The highest BCUT2D eigenvalue weighted by Gasteiger charge is 2.52. The minimum atomic E-state index is -0.661. The third-order valence-electron chi connectivity index (χ3n) is 4.56. The van der Waals surface area contributed by atoms with Crippen LogP contribution in [-0.4, -0.2) is 36.1 Å². The molecule has 1 aliphatic heterocycles. The predicted octanol–water partition coefficient (Wildman–Crippen LogP) is 3.12. The molecule has 2 rings (SSSR count). The summed E-state index contributed by atoms with van der Waals surface area (Å²) in [6, 6.07) is 9.28. The van der Waals surface area contributed by atoms with Gasteiger partial charge in [-0.3, -0.25) is 10.0 Å². The van der Waals surface area contributed by atoms with E-state index in [1.807, 2.05) is 78.8 Å². The molecule has 1 aliphatic rings. The van der Waals surface area contributed by atoms with Crippen LogP contribution in [0.4, 0.5) is 0 Å². The first-order valence-electron chi connectivity index (χ1n) is 8.78. The van der Waals surface area contributed by atoms with Gasteiger partial charge in [-0.15, -0.1) is 0 Å². The van der Waals surface area contributed by atoms with E-state index in [0.29, 0.717) is 6.42 Å². The molecule has 0 saturated carbocycles. The van der Waals surface area contributed by atoms with Crippen LogP contribution in [0, 0.1) is 0 Å². The van der Waals surface area contributed by atoms with E-state index in [1.54, 1.807) is 0 Å². The third kappa shape index (κ3) is 5.30. The number of ether oxygens (including phenoxy) is 1. The average molecular weight is 347 g/mol. The number of hydrogen-bond donors (Lipinski definition) is 1. The molecule has 0 radical (unpaired) electrons. The molecule has 0 amide bonds. The highest BCUT2D eigenvalue weighted by atomic mass is 16.7. The molecule has 1 unspecified atom stereocenters. The zero-order chi connectivity index (χ0) is 18.9. The predicted molar refractivity (Wildman–Crippen MR) is 99.0 cm³/mol. The summed E-state index contributed by atoms with van der Waals surface area (Å²) >= 11 is 0. The summed E-state index contributed by atoms with van der Waals surface area (Å²) in [5.74, 6) is -0.314. The van der Waals surface area contributed by atoms with Gasteiger partial charge in [0.1, 0.15) is 11.6 Å². The first-order valence-corrected chi connectivity index (χ1v) is 8.78. The Bertz CT molecular complexity index is 579. The van der Waals surface area contributed by atoms with Crippen molar-refractivity contribution >= 4 is 13.2 Å². The van der Waals surface area contributed by atoms with Gasteiger partial charge in [-0.05, 0) is 60.5 Å². The van der Waals surface area contributed by atoms with Crippen LogP contribution in [0.2, 0.25) is 0 Å². The van der Waals surface area contributed by atoms with Gasteiger partial charge in [0.2, 0.25) is 0 Å². The Labute approximate surface area is 151 Å². The second kappa shape index (κ2) is 7.10. The minimum Gasteiger partial charge on any atom is -0.459 e. The lowest BCUT2D eigenvalue weighted by Crippen LogP contribution is -2.51. The van der Waals surface area contributed by atoms with Crippen molar-refractivity contribution < 1.29 is 18.8 Å². The summed E-state index contributed by atoms with van der Waals surface area (Å²) in [7, 11) is -0.661. The van der Waals surface area contributed by atoms with E-state index in [-0.39, 0.29) is 5.97 Å². The molecule has 5 nitrogen and oxygen atoms in total. The van der Waals surface area contributed by atoms with Crippen molar-refractivity contribution in [2.24, 2.45) is 0 Å². The summed E-state index contributed by atoms with van der Waals surface area (Å²) in [5, 5.41) is 3.18. The molecular weight excluding hydrogens is 317 g/mol. The van der Waals surface area contributed by atoms with E-state index in [4.69, 9.17) is 14.0 Å². The molecule has 25 heavy (non-hydrogen) atoms. The third-order valence-corrected chi connectivity index (χ3v) is 4.56. The van der Waals surface area contributed by atoms with Crippen LogP contribution in [0.1, 0.15) is 54.0 Å². The fraction of sp³-hybridized carbons (Fsp3) is 0.632. The van der Waals surface area contributed by atoms with Gasteiger partial charge in [-0.25, -0.2) is 0 Å². The minimum absolute atomic E-state index is 0.314. The molecule has 0 spiro atoms. The quantitative estimate of drug-likeness (QED) is 0.655. The fourth-order valence-corrected chi connectivity index (χ4v) is 2.51. The molecule has 138 valence electrons. The van der Waals surface area contributed by atoms with E-state index in [1.165, 1.54) is 0 Å². The van der Waals surface area contributed by atoms with Crippen LogP contribution in [0.15, 0.2) is 30.3 Å². The number of carbonyl (C=O) groups is 1. The van der Waals surface area contributed by atoms with E-state index < -0.39 is 30.1 Å². The van der Waals surface area contributed by atoms with Gasteiger partial charge in [-0.2, -0.15) is 0 Å². The normalized spacial score (nSPS) is 20.4. The fourth-order valence-electron chi connectivity index (χ4n) is 2.51. The second-order valence-electron chi connectivity index (χ2n) is 8.53. The van der Waals surface area contributed by atoms with E-state index >= 15 is 0 Å². The highest BCUT2D eigenvalue weighted by molar-refractivity contribution is 6.43. The largest absolute Gasteiger partial charge is 0.556 e. The summed E-state index contributed by atoms with van der Waals surface area (Å²) in [5.41, 5.74) is -0.433. The molecule has 1 atom stereocenters. The van der Waals surface area contributed by atoms with Crippen molar-refractivity contribution in [3.05, 3.63) is 35.9 Å². The maximum absolute atomic E-state index is 12.7. The van der Waals surface area contributed by atoms with Crippen molar-refractivity contribution in [2.75, 3.05) is 0 Å². The number of carbonyl (C=O) groups excluding carboxylic acids is 1. The maximum atomic E-state index is 12.7. The molecule has 0 aromatic heterocycles. The zero-order valence-corrected chi connectivity index (χ0v) is 16.4. The van der Waals surface area contributed by atoms with E-state index in [2.05, 4.69) is 5.23 Å². The molecule has 1 saturated heterocycles. The zero-order valence-electron chi connectivity index (χ0n) is 16.4. The Hall–Kier alpha value is -1.37. The molecule has 1 aromatic rings. The van der Waals surface area contributed by atoms with Crippen molar-refractivity contribution in [1.82, 2.24) is 5.23 Å². The van der Waals surface area contributed by atoms with E-state index in [0.717, 1.165) is 5.56 Å². The van der Waals surface area contributed by atoms with Crippen LogP contribution in [0.25, 0.3) is 0 Å². The topological polar surface area (TPSA) is 56.8 Å². The first-order chi connectivity index (χ1) is 11.4. The molecule has 0 bridgehead atoms. The lowest BCUT2D eigenvalue weighted by Gasteiger charge is -2.32. The molecule has 1 heterocycles.